The van der Waals surface area contributed by atoms with Crippen molar-refractivity contribution in [1.29, 1.82) is 0 Å². The molecule has 21 heavy (non-hydrogen) atoms. The van der Waals surface area contributed by atoms with Gasteiger partial charge < -0.3 is 0 Å². The van der Waals surface area contributed by atoms with Crippen LogP contribution in [0.3, 0.4) is 0 Å². The normalized spacial score (nSPS) is 12.0. The summed E-state index contributed by atoms with van der Waals surface area (Å²) in [4.78, 5) is 0. The third-order valence-corrected chi connectivity index (χ3v) is 5.39. The molecule has 0 aliphatic heterocycles. The summed E-state index contributed by atoms with van der Waals surface area (Å²) < 4.78 is 28.5. The summed E-state index contributed by atoms with van der Waals surface area (Å²) in [6.07, 6.45) is 0. The lowest BCUT2D eigenvalue weighted by molar-refractivity contribution is 0.560. The molecule has 0 unspecified atom stereocenters. The molecule has 0 aliphatic carbocycles. The van der Waals surface area contributed by atoms with Crippen LogP contribution < -0.4 is 4.72 Å². The van der Waals surface area contributed by atoms with Crippen molar-refractivity contribution >= 4 is 26.0 Å². The molecule has 0 atom stereocenters. The molecule has 1 N–H and O–H groups in total. The first-order chi connectivity index (χ1) is 9.81. The maximum atomic E-state index is 12.2. The van der Waals surface area contributed by atoms with Gasteiger partial charge in [0.25, 0.3) is 10.0 Å². The summed E-state index contributed by atoms with van der Waals surface area (Å²) in [6.45, 7) is 4.45. The summed E-state index contributed by atoms with van der Waals surface area (Å²) in [5.74, 6) is 0.451. The van der Waals surface area contributed by atoms with E-state index in [1.165, 1.54) is 17.3 Å². The van der Waals surface area contributed by atoms with Crippen LogP contribution in [0.2, 0.25) is 0 Å². The van der Waals surface area contributed by atoms with Crippen molar-refractivity contribution in [3.63, 3.8) is 0 Å². The van der Waals surface area contributed by atoms with Crippen LogP contribution in [-0.2, 0) is 23.6 Å². The van der Waals surface area contributed by atoms with E-state index < -0.39 is 10.0 Å². The molecule has 0 fully saturated rings. The van der Waals surface area contributed by atoms with Gasteiger partial charge >= 0.3 is 0 Å². The molecule has 114 valence electrons. The highest BCUT2D eigenvalue weighted by Crippen LogP contribution is 2.18. The van der Waals surface area contributed by atoms with Crippen molar-refractivity contribution in [3.05, 3.63) is 40.0 Å². The molecule has 6 nitrogen and oxygen atoms in total. The summed E-state index contributed by atoms with van der Waals surface area (Å²) in [5.41, 5.74) is 2.12. The first-order valence-corrected chi connectivity index (χ1v) is 8.72. The fourth-order valence-electron chi connectivity index (χ4n) is 1.88. The van der Waals surface area contributed by atoms with Crippen molar-refractivity contribution < 1.29 is 8.42 Å². The van der Waals surface area contributed by atoms with Gasteiger partial charge in [0, 0.05) is 13.6 Å². The SMILES string of the molecule is CC(C)c1ccc(CNS(=O)(=O)c2c(Br)nnn2C)cc1. The van der Waals surface area contributed by atoms with E-state index in [0.717, 1.165) is 5.56 Å². The fourth-order valence-corrected chi connectivity index (χ4v) is 3.98. The third-order valence-electron chi connectivity index (χ3n) is 3.10. The quantitative estimate of drug-likeness (QED) is 0.872. The molecule has 2 aromatic rings. The van der Waals surface area contributed by atoms with Crippen LogP contribution in [0.25, 0.3) is 0 Å². The highest BCUT2D eigenvalue weighted by atomic mass is 79.9. The molecular weight excluding hydrogens is 356 g/mol. The van der Waals surface area contributed by atoms with E-state index in [4.69, 9.17) is 0 Å². The van der Waals surface area contributed by atoms with Gasteiger partial charge in [-0.1, -0.05) is 43.3 Å². The molecule has 0 saturated heterocycles. The summed E-state index contributed by atoms with van der Waals surface area (Å²) in [7, 11) is -2.13. The van der Waals surface area contributed by atoms with Crippen LogP contribution in [0.1, 0.15) is 30.9 Å². The van der Waals surface area contributed by atoms with E-state index in [2.05, 4.69) is 44.8 Å². The minimum Gasteiger partial charge on any atom is -0.235 e. The van der Waals surface area contributed by atoms with Crippen LogP contribution in [-0.4, -0.2) is 23.4 Å². The third kappa shape index (κ3) is 3.69. The smallest absolute Gasteiger partial charge is 0.235 e. The van der Waals surface area contributed by atoms with Crippen molar-refractivity contribution in [3.8, 4) is 0 Å². The molecule has 2 rings (SSSR count). The van der Waals surface area contributed by atoms with Crippen molar-refractivity contribution in [2.45, 2.75) is 31.3 Å². The molecule has 0 saturated carbocycles. The van der Waals surface area contributed by atoms with Crippen LogP contribution >= 0.6 is 15.9 Å². The highest BCUT2D eigenvalue weighted by molar-refractivity contribution is 9.10. The number of hydrogen-bond donors (Lipinski definition) is 1. The summed E-state index contributed by atoms with van der Waals surface area (Å²) in [6, 6.07) is 7.87. The van der Waals surface area contributed by atoms with E-state index in [0.29, 0.717) is 5.92 Å². The molecule has 0 spiro atoms. The number of aryl methyl sites for hydroxylation is 1. The number of halogens is 1. The minimum absolute atomic E-state index is 0.0151. The second-order valence-corrected chi connectivity index (χ2v) is 7.46. The highest BCUT2D eigenvalue weighted by Gasteiger charge is 2.23. The number of benzene rings is 1. The Balaban J connectivity index is 2.12. The van der Waals surface area contributed by atoms with Gasteiger partial charge in [0.05, 0.1) is 0 Å². The molecule has 1 aromatic heterocycles. The van der Waals surface area contributed by atoms with Crippen LogP contribution in [0.5, 0.6) is 0 Å². The molecular formula is C13H17BrN4O2S. The maximum Gasteiger partial charge on any atom is 0.260 e. The lowest BCUT2D eigenvalue weighted by atomic mass is 10.0. The van der Waals surface area contributed by atoms with E-state index in [9.17, 15) is 8.42 Å². The Morgan fingerprint density at radius 1 is 1.29 bits per heavy atom. The van der Waals surface area contributed by atoms with Gasteiger partial charge in [0.15, 0.2) is 4.60 Å². The fraction of sp³-hybridized carbons (Fsp3) is 0.385. The first-order valence-electron chi connectivity index (χ1n) is 6.45. The molecule has 0 amide bonds. The van der Waals surface area contributed by atoms with Crippen LogP contribution in [0, 0.1) is 0 Å². The number of nitrogens with zero attached hydrogens (tertiary/aromatic N) is 3. The average Bonchev–Trinajstić information content (AvgIpc) is 2.77. The van der Waals surface area contributed by atoms with Crippen LogP contribution in [0.4, 0.5) is 0 Å². The Bertz CT molecular complexity index is 704. The van der Waals surface area contributed by atoms with Gasteiger partial charge in [0.2, 0.25) is 5.03 Å². The zero-order valence-electron chi connectivity index (χ0n) is 12.0. The van der Waals surface area contributed by atoms with Crippen molar-refractivity contribution in [2.75, 3.05) is 0 Å². The average molecular weight is 373 g/mol. The molecule has 1 heterocycles. The lowest BCUT2D eigenvalue weighted by Crippen LogP contribution is -2.25. The molecule has 1 aromatic carbocycles. The molecule has 0 aliphatic rings. The Hall–Kier alpha value is -1.25. The zero-order valence-corrected chi connectivity index (χ0v) is 14.4. The van der Waals surface area contributed by atoms with Crippen LogP contribution in [0.15, 0.2) is 33.9 Å². The maximum absolute atomic E-state index is 12.2. The number of sulfonamides is 1. The molecule has 0 radical (unpaired) electrons. The van der Waals surface area contributed by atoms with E-state index in [1.54, 1.807) is 0 Å². The van der Waals surface area contributed by atoms with Gasteiger partial charge in [0.1, 0.15) is 0 Å². The second kappa shape index (κ2) is 6.25. The predicted octanol–water partition coefficient (Wildman–Crippen LogP) is 2.18. The molecule has 8 heteroatoms. The second-order valence-electron chi connectivity index (χ2n) is 5.03. The first kappa shape index (κ1) is 16.1. The number of nitrogens with one attached hydrogen (secondary N) is 1. The van der Waals surface area contributed by atoms with Gasteiger partial charge in [-0.15, -0.1) is 5.10 Å². The van der Waals surface area contributed by atoms with Gasteiger partial charge in [-0.3, -0.25) is 0 Å². The molecule has 0 bridgehead atoms. The minimum atomic E-state index is -3.66. The largest absolute Gasteiger partial charge is 0.260 e. The predicted molar refractivity (Wildman–Crippen MR) is 83.3 cm³/mol. The van der Waals surface area contributed by atoms with Crippen molar-refractivity contribution in [2.24, 2.45) is 7.05 Å². The monoisotopic (exact) mass is 372 g/mol. The number of hydrogen-bond acceptors (Lipinski definition) is 4. The Labute approximate surface area is 132 Å². The van der Waals surface area contributed by atoms with Gasteiger partial charge in [-0.25, -0.2) is 17.8 Å². The zero-order chi connectivity index (χ0) is 15.6. The summed E-state index contributed by atoms with van der Waals surface area (Å²) >= 11 is 3.09. The Morgan fingerprint density at radius 3 is 2.38 bits per heavy atom. The van der Waals surface area contributed by atoms with Crippen molar-refractivity contribution in [1.82, 2.24) is 19.7 Å². The van der Waals surface area contributed by atoms with E-state index in [1.807, 2.05) is 24.3 Å². The number of rotatable bonds is 5. The van der Waals surface area contributed by atoms with Gasteiger partial charge in [-0.05, 0) is 33.0 Å². The topological polar surface area (TPSA) is 76.9 Å². The lowest BCUT2D eigenvalue weighted by Gasteiger charge is -2.09. The van der Waals surface area contributed by atoms with E-state index >= 15 is 0 Å². The number of aromatic nitrogens is 3. The standard InChI is InChI=1S/C13H17BrN4O2S/c1-9(2)11-6-4-10(5-7-11)8-15-21(19,20)13-12(14)16-17-18(13)3/h4-7,9,15H,8H2,1-3H3. The summed E-state index contributed by atoms with van der Waals surface area (Å²) in [5, 5.41) is 7.36. The van der Waals surface area contributed by atoms with E-state index in [-0.39, 0.29) is 16.2 Å². The van der Waals surface area contributed by atoms with Gasteiger partial charge in [-0.2, -0.15) is 0 Å². The Morgan fingerprint density at radius 2 is 1.90 bits per heavy atom. The Kier molecular flexibility index (Phi) is 4.80.